The summed E-state index contributed by atoms with van der Waals surface area (Å²) in [5.41, 5.74) is 0. The van der Waals surface area contributed by atoms with Crippen LogP contribution < -0.4 is 5.32 Å². The lowest BCUT2D eigenvalue weighted by atomic mass is 10.2. The summed E-state index contributed by atoms with van der Waals surface area (Å²) in [7, 11) is 1.42. The van der Waals surface area contributed by atoms with Gasteiger partial charge in [-0.15, -0.1) is 0 Å². The fraction of sp³-hybridized carbons (Fsp3) is 0.875. The van der Waals surface area contributed by atoms with E-state index in [1.54, 1.807) is 0 Å². The van der Waals surface area contributed by atoms with Crippen molar-refractivity contribution in [2.45, 2.75) is 32.7 Å². The van der Waals surface area contributed by atoms with Crippen molar-refractivity contribution in [3.8, 4) is 0 Å². The first-order valence-electron chi connectivity index (χ1n) is 4.16. The van der Waals surface area contributed by atoms with E-state index in [0.29, 0.717) is 0 Å². The summed E-state index contributed by atoms with van der Waals surface area (Å²) >= 11 is 0. The third-order valence-electron chi connectivity index (χ3n) is 1.55. The number of rotatable bonds is 1. The maximum Gasteiger partial charge on any atom is 0.322 e. The molecule has 0 saturated carbocycles. The molecule has 0 aromatic carbocycles. The van der Waals surface area contributed by atoms with Crippen molar-refractivity contribution in [3.63, 3.8) is 0 Å². The van der Waals surface area contributed by atoms with Crippen LogP contribution in [0.5, 0.6) is 0 Å². The molecule has 1 aliphatic heterocycles. The van der Waals surface area contributed by atoms with Crippen LogP contribution in [-0.4, -0.2) is 25.7 Å². The molecule has 0 spiro atoms. The molecule has 1 heterocycles. The topological polar surface area (TPSA) is 38.3 Å². The molecular weight excluding hydrogens is 142 g/mol. The Bertz CT molecular complexity index is 109. The van der Waals surface area contributed by atoms with Gasteiger partial charge in [-0.1, -0.05) is 13.8 Å². The minimum absolute atomic E-state index is 0.0324. The van der Waals surface area contributed by atoms with Gasteiger partial charge < -0.3 is 10.1 Å². The van der Waals surface area contributed by atoms with Crippen LogP contribution in [0.15, 0.2) is 0 Å². The van der Waals surface area contributed by atoms with Crippen molar-refractivity contribution in [3.05, 3.63) is 0 Å². The molecule has 0 aromatic heterocycles. The third-order valence-corrected chi connectivity index (χ3v) is 1.55. The molecule has 3 nitrogen and oxygen atoms in total. The molecule has 1 fully saturated rings. The number of carbonyl (C=O) groups excluding carboxylic acids is 1. The van der Waals surface area contributed by atoms with Gasteiger partial charge in [0.2, 0.25) is 0 Å². The Kier molecular flexibility index (Phi) is 5.84. The molecule has 0 bridgehead atoms. The van der Waals surface area contributed by atoms with Crippen molar-refractivity contribution >= 4 is 5.97 Å². The number of esters is 1. The Morgan fingerprint density at radius 1 is 1.55 bits per heavy atom. The molecule has 1 unspecified atom stereocenters. The van der Waals surface area contributed by atoms with Gasteiger partial charge in [-0.25, -0.2) is 0 Å². The van der Waals surface area contributed by atoms with Gasteiger partial charge in [0, 0.05) is 0 Å². The Morgan fingerprint density at radius 3 is 2.55 bits per heavy atom. The maximum absolute atomic E-state index is 10.7. The van der Waals surface area contributed by atoms with Crippen molar-refractivity contribution in [1.29, 1.82) is 0 Å². The number of nitrogens with one attached hydrogen (secondary N) is 1. The molecule has 0 aliphatic carbocycles. The molecular formula is C8H17NO2. The lowest BCUT2D eigenvalue weighted by Gasteiger charge is -2.04. The molecule has 1 N–H and O–H groups in total. The van der Waals surface area contributed by atoms with Crippen LogP contribution in [0.3, 0.4) is 0 Å². The highest BCUT2D eigenvalue weighted by Gasteiger charge is 2.21. The summed E-state index contributed by atoms with van der Waals surface area (Å²) in [6.07, 6.45) is 2.01. The van der Waals surface area contributed by atoms with Gasteiger partial charge in [0.15, 0.2) is 0 Å². The normalized spacial score (nSPS) is 21.9. The van der Waals surface area contributed by atoms with E-state index in [4.69, 9.17) is 0 Å². The molecule has 0 aromatic rings. The number of hydrogen-bond acceptors (Lipinski definition) is 3. The molecule has 1 aliphatic rings. The zero-order valence-electron chi connectivity index (χ0n) is 7.52. The van der Waals surface area contributed by atoms with Crippen LogP contribution in [0.1, 0.15) is 26.7 Å². The predicted molar refractivity (Wildman–Crippen MR) is 44.4 cm³/mol. The van der Waals surface area contributed by atoms with Gasteiger partial charge >= 0.3 is 5.97 Å². The Morgan fingerprint density at radius 2 is 2.18 bits per heavy atom. The minimum Gasteiger partial charge on any atom is -0.468 e. The average Bonchev–Trinajstić information content (AvgIpc) is 2.59. The van der Waals surface area contributed by atoms with Gasteiger partial charge in [-0.3, -0.25) is 4.79 Å². The van der Waals surface area contributed by atoms with Gasteiger partial charge in [0.05, 0.1) is 7.11 Å². The zero-order valence-corrected chi connectivity index (χ0v) is 7.52. The lowest BCUT2D eigenvalue weighted by molar-refractivity contribution is -0.142. The number of ether oxygens (including phenoxy) is 1. The minimum atomic E-state index is -0.132. The highest BCUT2D eigenvalue weighted by atomic mass is 16.5. The van der Waals surface area contributed by atoms with Crippen molar-refractivity contribution < 1.29 is 9.53 Å². The molecule has 66 valence electrons. The number of carbonyl (C=O) groups is 1. The van der Waals surface area contributed by atoms with E-state index in [0.717, 1.165) is 19.4 Å². The fourth-order valence-corrected chi connectivity index (χ4v) is 1.03. The quantitative estimate of drug-likeness (QED) is 0.579. The van der Waals surface area contributed by atoms with Gasteiger partial charge in [-0.05, 0) is 19.4 Å². The second-order valence-corrected chi connectivity index (χ2v) is 2.17. The van der Waals surface area contributed by atoms with E-state index < -0.39 is 0 Å². The van der Waals surface area contributed by atoms with E-state index in [-0.39, 0.29) is 12.0 Å². The largest absolute Gasteiger partial charge is 0.468 e. The van der Waals surface area contributed by atoms with E-state index in [1.807, 2.05) is 13.8 Å². The zero-order chi connectivity index (χ0) is 8.69. The predicted octanol–water partition coefficient (Wildman–Crippen LogP) is 0.938. The Hall–Kier alpha value is -0.570. The molecule has 1 atom stereocenters. The van der Waals surface area contributed by atoms with Crippen LogP contribution in [-0.2, 0) is 9.53 Å². The summed E-state index contributed by atoms with van der Waals surface area (Å²) in [6, 6.07) is -0.0324. The van der Waals surface area contributed by atoms with E-state index in [9.17, 15) is 4.79 Å². The lowest BCUT2D eigenvalue weighted by Crippen LogP contribution is -2.31. The monoisotopic (exact) mass is 159 g/mol. The molecule has 1 rings (SSSR count). The summed E-state index contributed by atoms with van der Waals surface area (Å²) in [4.78, 5) is 10.7. The molecule has 0 radical (unpaired) electrons. The first-order valence-corrected chi connectivity index (χ1v) is 4.16. The van der Waals surface area contributed by atoms with Gasteiger partial charge in [0.25, 0.3) is 0 Å². The smallest absolute Gasteiger partial charge is 0.322 e. The Labute approximate surface area is 68.1 Å². The first kappa shape index (κ1) is 10.4. The molecule has 0 amide bonds. The van der Waals surface area contributed by atoms with Gasteiger partial charge in [0.1, 0.15) is 6.04 Å². The third kappa shape index (κ3) is 3.37. The average molecular weight is 159 g/mol. The van der Waals surface area contributed by atoms with Crippen LogP contribution in [0.2, 0.25) is 0 Å². The summed E-state index contributed by atoms with van der Waals surface area (Å²) in [5, 5.41) is 3.03. The van der Waals surface area contributed by atoms with Crippen LogP contribution in [0, 0.1) is 0 Å². The highest BCUT2D eigenvalue weighted by molar-refractivity contribution is 5.75. The standard InChI is InChI=1S/C6H11NO2.C2H6/c1-9-6(8)5-3-2-4-7-5;1-2/h5,7H,2-4H2,1H3;1-2H3. The maximum atomic E-state index is 10.7. The number of methoxy groups -OCH3 is 1. The van der Waals surface area contributed by atoms with Crippen molar-refractivity contribution in [2.24, 2.45) is 0 Å². The second-order valence-electron chi connectivity index (χ2n) is 2.17. The van der Waals surface area contributed by atoms with E-state index >= 15 is 0 Å². The van der Waals surface area contributed by atoms with E-state index in [2.05, 4.69) is 10.1 Å². The Balaban J connectivity index is 0.000000461. The van der Waals surface area contributed by atoms with Crippen molar-refractivity contribution in [1.82, 2.24) is 5.32 Å². The van der Waals surface area contributed by atoms with Crippen LogP contribution in [0.4, 0.5) is 0 Å². The van der Waals surface area contributed by atoms with Gasteiger partial charge in [-0.2, -0.15) is 0 Å². The van der Waals surface area contributed by atoms with Crippen molar-refractivity contribution in [2.75, 3.05) is 13.7 Å². The van der Waals surface area contributed by atoms with Crippen LogP contribution in [0.25, 0.3) is 0 Å². The molecule has 11 heavy (non-hydrogen) atoms. The SMILES string of the molecule is CC.COC(=O)C1CCCN1. The van der Waals surface area contributed by atoms with E-state index in [1.165, 1.54) is 7.11 Å². The van der Waals surface area contributed by atoms with Crippen LogP contribution >= 0.6 is 0 Å². The summed E-state index contributed by atoms with van der Waals surface area (Å²) in [5.74, 6) is -0.132. The second kappa shape index (κ2) is 6.16. The summed E-state index contributed by atoms with van der Waals surface area (Å²) < 4.78 is 4.53. The highest BCUT2D eigenvalue weighted by Crippen LogP contribution is 2.05. The summed E-state index contributed by atoms with van der Waals surface area (Å²) in [6.45, 7) is 4.94. The first-order chi connectivity index (χ1) is 5.34. The number of hydrogen-bond donors (Lipinski definition) is 1. The molecule has 3 heteroatoms. The fourth-order valence-electron chi connectivity index (χ4n) is 1.03. The molecule has 1 saturated heterocycles.